The molecule has 1 N–H and O–H groups in total. The molecule has 0 aromatic rings. The van der Waals surface area contributed by atoms with Gasteiger partial charge in [0.25, 0.3) is 0 Å². The molecule has 4 fully saturated rings. The lowest BCUT2D eigenvalue weighted by atomic mass is 9.47. The number of carbonyl (C=O) groups excluding carboxylic acids is 2. The van der Waals surface area contributed by atoms with Crippen molar-refractivity contribution in [2.45, 2.75) is 76.9 Å². The Hall–Kier alpha value is -1.24. The van der Waals surface area contributed by atoms with E-state index >= 15 is 0 Å². The Kier molecular flexibility index (Phi) is 5.07. The van der Waals surface area contributed by atoms with Crippen LogP contribution in [-0.2, 0) is 19.1 Å². The summed E-state index contributed by atoms with van der Waals surface area (Å²) < 4.78 is 36.4. The topological polar surface area (TPSA) is 72.8 Å². The van der Waals surface area contributed by atoms with Gasteiger partial charge in [0, 0.05) is 6.92 Å². The van der Waals surface area contributed by atoms with E-state index in [4.69, 9.17) is 4.74 Å². The zero-order valence-corrected chi connectivity index (χ0v) is 16.5. The SMILES string of the molecule is CC(C)C1(OC(=O)C(C)(O)COC(=O)C(C)(F)F)C2CC3CC(C2)CC1C3. The van der Waals surface area contributed by atoms with Crippen LogP contribution in [0.15, 0.2) is 0 Å². The van der Waals surface area contributed by atoms with Crippen molar-refractivity contribution >= 4 is 11.9 Å². The average Bonchev–Trinajstić information content (AvgIpc) is 2.54. The summed E-state index contributed by atoms with van der Waals surface area (Å²) in [6.07, 6.45) is 5.36. The number of rotatable bonds is 6. The van der Waals surface area contributed by atoms with Gasteiger partial charge in [-0.1, -0.05) is 13.8 Å². The van der Waals surface area contributed by atoms with Gasteiger partial charge in [-0.05, 0) is 68.6 Å². The van der Waals surface area contributed by atoms with E-state index in [-0.39, 0.29) is 17.8 Å². The van der Waals surface area contributed by atoms with Gasteiger partial charge >= 0.3 is 17.9 Å². The van der Waals surface area contributed by atoms with Crippen LogP contribution in [0.3, 0.4) is 0 Å². The summed E-state index contributed by atoms with van der Waals surface area (Å²) in [7, 11) is 0. The first-order valence-corrected chi connectivity index (χ1v) is 9.87. The summed E-state index contributed by atoms with van der Waals surface area (Å²) in [6.45, 7) is 4.75. The third-order valence-corrected chi connectivity index (χ3v) is 6.87. The van der Waals surface area contributed by atoms with Gasteiger partial charge in [-0.3, -0.25) is 0 Å². The molecule has 5 nitrogen and oxygen atoms in total. The average molecular weight is 388 g/mol. The summed E-state index contributed by atoms with van der Waals surface area (Å²) in [5, 5.41) is 10.5. The molecule has 0 aliphatic heterocycles. The standard InChI is InChI=1S/C20H30F2O5/c1-11(2)20(14-6-12-5-13(8-14)9-15(20)7-12)27-16(23)18(3,25)10-26-17(24)19(4,21)22/h11-15,25H,5-10H2,1-4H3. The normalized spacial score (nSPS) is 37.2. The molecule has 0 saturated heterocycles. The monoisotopic (exact) mass is 388 g/mol. The van der Waals surface area contributed by atoms with Crippen molar-refractivity contribution in [1.82, 2.24) is 0 Å². The van der Waals surface area contributed by atoms with Crippen molar-refractivity contribution in [1.29, 1.82) is 0 Å². The molecule has 4 bridgehead atoms. The van der Waals surface area contributed by atoms with E-state index in [0.29, 0.717) is 18.8 Å². The van der Waals surface area contributed by atoms with E-state index in [1.807, 2.05) is 13.8 Å². The van der Waals surface area contributed by atoms with Crippen LogP contribution in [0.1, 0.15) is 59.8 Å². The molecule has 0 aromatic heterocycles. The van der Waals surface area contributed by atoms with Gasteiger partial charge in [0.2, 0.25) is 0 Å². The van der Waals surface area contributed by atoms with E-state index in [0.717, 1.165) is 32.6 Å². The summed E-state index contributed by atoms with van der Waals surface area (Å²) in [4.78, 5) is 24.0. The lowest BCUT2D eigenvalue weighted by Crippen LogP contribution is -2.63. The molecule has 0 aromatic carbocycles. The molecule has 0 amide bonds. The highest BCUT2D eigenvalue weighted by atomic mass is 19.3. The maximum Gasteiger partial charge on any atom is 0.376 e. The summed E-state index contributed by atoms with van der Waals surface area (Å²) in [6, 6.07) is 0. The fourth-order valence-electron chi connectivity index (χ4n) is 5.81. The van der Waals surface area contributed by atoms with Crippen LogP contribution in [0.5, 0.6) is 0 Å². The highest BCUT2D eigenvalue weighted by Crippen LogP contribution is 2.61. The first-order valence-electron chi connectivity index (χ1n) is 9.87. The zero-order chi connectivity index (χ0) is 20.2. The van der Waals surface area contributed by atoms with Gasteiger partial charge in [-0.25, -0.2) is 9.59 Å². The van der Waals surface area contributed by atoms with Gasteiger partial charge in [0.15, 0.2) is 5.60 Å². The Morgan fingerprint density at radius 2 is 1.52 bits per heavy atom. The highest BCUT2D eigenvalue weighted by Gasteiger charge is 2.61. The van der Waals surface area contributed by atoms with Crippen LogP contribution in [0.2, 0.25) is 0 Å². The van der Waals surface area contributed by atoms with E-state index < -0.39 is 35.7 Å². The van der Waals surface area contributed by atoms with Crippen molar-refractivity contribution in [2.75, 3.05) is 6.61 Å². The Bertz CT molecular complexity index is 580. The Labute approximate surface area is 158 Å². The third kappa shape index (κ3) is 3.59. The lowest BCUT2D eigenvalue weighted by Gasteiger charge is -2.62. The Balaban J connectivity index is 1.73. The first kappa shape index (κ1) is 20.5. The molecule has 154 valence electrons. The fourth-order valence-corrected chi connectivity index (χ4v) is 5.81. The predicted molar refractivity (Wildman–Crippen MR) is 92.9 cm³/mol. The number of ether oxygens (including phenoxy) is 2. The van der Waals surface area contributed by atoms with Crippen molar-refractivity contribution in [3.8, 4) is 0 Å². The minimum atomic E-state index is -3.68. The van der Waals surface area contributed by atoms with Gasteiger partial charge in [0.1, 0.15) is 12.2 Å². The molecule has 4 rings (SSSR count). The Morgan fingerprint density at radius 3 is 1.93 bits per heavy atom. The van der Waals surface area contributed by atoms with Crippen LogP contribution in [0.4, 0.5) is 8.78 Å². The number of hydrogen-bond acceptors (Lipinski definition) is 5. The zero-order valence-electron chi connectivity index (χ0n) is 16.5. The molecule has 27 heavy (non-hydrogen) atoms. The molecule has 0 radical (unpaired) electrons. The van der Waals surface area contributed by atoms with Crippen LogP contribution < -0.4 is 0 Å². The van der Waals surface area contributed by atoms with Crippen LogP contribution in [0, 0.1) is 29.6 Å². The summed E-state index contributed by atoms with van der Waals surface area (Å²) >= 11 is 0. The molecule has 4 aliphatic rings. The lowest BCUT2D eigenvalue weighted by molar-refractivity contribution is -0.239. The van der Waals surface area contributed by atoms with Gasteiger partial charge in [-0.15, -0.1) is 0 Å². The second kappa shape index (κ2) is 6.68. The number of hydrogen-bond donors (Lipinski definition) is 1. The third-order valence-electron chi connectivity index (χ3n) is 6.87. The fraction of sp³-hybridized carbons (Fsp3) is 0.900. The number of carbonyl (C=O) groups is 2. The first-order chi connectivity index (χ1) is 12.4. The minimum absolute atomic E-state index is 0.0785. The number of halogens is 2. The van der Waals surface area contributed by atoms with Gasteiger partial charge < -0.3 is 14.6 Å². The van der Waals surface area contributed by atoms with Gasteiger partial charge in [0.05, 0.1) is 0 Å². The van der Waals surface area contributed by atoms with Gasteiger partial charge in [-0.2, -0.15) is 8.78 Å². The smallest absolute Gasteiger partial charge is 0.376 e. The van der Waals surface area contributed by atoms with Crippen LogP contribution >= 0.6 is 0 Å². The summed E-state index contributed by atoms with van der Waals surface area (Å²) in [5.41, 5.74) is -2.81. The molecule has 4 aliphatic carbocycles. The quantitative estimate of drug-likeness (QED) is 0.707. The molecule has 4 saturated carbocycles. The minimum Gasteiger partial charge on any atom is -0.458 e. The second-order valence-corrected chi connectivity index (χ2v) is 9.44. The van der Waals surface area contributed by atoms with E-state index in [2.05, 4.69) is 4.74 Å². The van der Waals surface area contributed by atoms with Crippen molar-refractivity contribution < 1.29 is 33.0 Å². The molecular weight excluding hydrogens is 358 g/mol. The maximum absolute atomic E-state index is 13.0. The van der Waals surface area contributed by atoms with E-state index in [1.54, 1.807) is 0 Å². The number of esters is 2. The maximum atomic E-state index is 13.0. The largest absolute Gasteiger partial charge is 0.458 e. The molecule has 0 spiro atoms. The van der Waals surface area contributed by atoms with Crippen LogP contribution in [0.25, 0.3) is 0 Å². The molecule has 0 heterocycles. The van der Waals surface area contributed by atoms with Crippen molar-refractivity contribution in [3.63, 3.8) is 0 Å². The number of aliphatic hydroxyl groups is 1. The molecular formula is C20H30F2O5. The highest BCUT2D eigenvalue weighted by molar-refractivity contribution is 5.81. The van der Waals surface area contributed by atoms with E-state index in [1.165, 1.54) is 6.42 Å². The van der Waals surface area contributed by atoms with E-state index in [9.17, 15) is 23.5 Å². The molecule has 1 unspecified atom stereocenters. The van der Waals surface area contributed by atoms with Crippen molar-refractivity contribution in [3.05, 3.63) is 0 Å². The van der Waals surface area contributed by atoms with Crippen LogP contribution in [-0.4, -0.2) is 40.8 Å². The second-order valence-electron chi connectivity index (χ2n) is 9.44. The molecule has 1 atom stereocenters. The summed E-state index contributed by atoms with van der Waals surface area (Å²) in [5.74, 6) is -4.39. The predicted octanol–water partition coefficient (Wildman–Crippen LogP) is 3.33. The van der Waals surface area contributed by atoms with Crippen molar-refractivity contribution in [2.24, 2.45) is 29.6 Å². The Morgan fingerprint density at radius 1 is 1.04 bits per heavy atom. The number of alkyl halides is 2. The molecule has 7 heteroatoms.